The van der Waals surface area contributed by atoms with E-state index in [2.05, 4.69) is 20.9 Å². The van der Waals surface area contributed by atoms with Crippen LogP contribution in [0.1, 0.15) is 5.89 Å². The Bertz CT molecular complexity index is 743. The maximum Gasteiger partial charge on any atom is 0.232 e. The van der Waals surface area contributed by atoms with Gasteiger partial charge in [-0.05, 0) is 28.1 Å². The van der Waals surface area contributed by atoms with Crippen LogP contribution in [0.25, 0.3) is 11.3 Å². The summed E-state index contributed by atoms with van der Waals surface area (Å²) in [5.74, 6) is 1.81. The van der Waals surface area contributed by atoms with Crippen molar-refractivity contribution in [2.45, 2.75) is 6.61 Å². The molecule has 5 heteroatoms. The van der Waals surface area contributed by atoms with Crippen LogP contribution in [0, 0.1) is 0 Å². The van der Waals surface area contributed by atoms with Crippen LogP contribution in [0.5, 0.6) is 5.75 Å². The Kier molecular flexibility index (Phi) is 4.27. The average Bonchev–Trinajstić information content (AvgIpc) is 2.99. The Morgan fingerprint density at radius 3 is 2.71 bits per heavy atom. The summed E-state index contributed by atoms with van der Waals surface area (Å²) >= 11 is 9.49. The minimum absolute atomic E-state index is 0.225. The molecular formula is C16H11BrClNO2. The number of hydrogen-bond donors (Lipinski definition) is 0. The number of benzene rings is 2. The Hall–Kier alpha value is -1.78. The third kappa shape index (κ3) is 3.28. The van der Waals surface area contributed by atoms with Crippen molar-refractivity contribution >= 4 is 27.5 Å². The van der Waals surface area contributed by atoms with Gasteiger partial charge in [0.25, 0.3) is 0 Å². The standard InChI is InChI=1S/C16H11BrClNO2/c17-12-7-4-8-13(16(12)18)20-10-15-19-9-14(21-15)11-5-2-1-3-6-11/h1-9H,10H2. The topological polar surface area (TPSA) is 35.3 Å². The fourth-order valence-electron chi connectivity index (χ4n) is 1.85. The molecule has 0 saturated heterocycles. The molecule has 2 aromatic carbocycles. The SMILES string of the molecule is Clc1c(Br)cccc1OCc1ncc(-c2ccccc2)o1. The van der Waals surface area contributed by atoms with Crippen molar-refractivity contribution in [3.8, 4) is 17.1 Å². The van der Waals surface area contributed by atoms with Crippen LogP contribution >= 0.6 is 27.5 Å². The molecule has 21 heavy (non-hydrogen) atoms. The van der Waals surface area contributed by atoms with Crippen molar-refractivity contribution in [3.63, 3.8) is 0 Å². The third-order valence-corrected chi connectivity index (χ3v) is 4.16. The van der Waals surface area contributed by atoms with Gasteiger partial charge in [-0.15, -0.1) is 0 Å². The molecule has 0 fully saturated rings. The number of halogens is 2. The summed E-state index contributed by atoms with van der Waals surface area (Å²) in [5, 5.41) is 0.535. The highest BCUT2D eigenvalue weighted by Gasteiger charge is 2.09. The van der Waals surface area contributed by atoms with E-state index >= 15 is 0 Å². The van der Waals surface area contributed by atoms with E-state index in [1.54, 1.807) is 12.3 Å². The first kappa shape index (κ1) is 14.2. The third-order valence-electron chi connectivity index (χ3n) is 2.88. The zero-order valence-electron chi connectivity index (χ0n) is 10.9. The van der Waals surface area contributed by atoms with Crippen LogP contribution in [0.15, 0.2) is 63.6 Å². The van der Waals surface area contributed by atoms with Gasteiger partial charge in [0.05, 0.1) is 11.2 Å². The van der Waals surface area contributed by atoms with Crippen molar-refractivity contribution in [2.75, 3.05) is 0 Å². The van der Waals surface area contributed by atoms with Gasteiger partial charge in [-0.25, -0.2) is 4.98 Å². The minimum Gasteiger partial charge on any atom is -0.482 e. The summed E-state index contributed by atoms with van der Waals surface area (Å²) in [4.78, 5) is 4.21. The lowest BCUT2D eigenvalue weighted by Gasteiger charge is -2.06. The van der Waals surface area contributed by atoms with E-state index in [0.29, 0.717) is 16.7 Å². The van der Waals surface area contributed by atoms with Crippen LogP contribution in [0.2, 0.25) is 5.02 Å². The molecule has 1 aromatic heterocycles. The molecule has 0 atom stereocenters. The van der Waals surface area contributed by atoms with Gasteiger partial charge in [0, 0.05) is 10.0 Å². The molecule has 0 aliphatic carbocycles. The molecule has 0 saturated carbocycles. The summed E-state index contributed by atoms with van der Waals surface area (Å²) in [7, 11) is 0. The molecule has 0 spiro atoms. The minimum atomic E-state index is 0.225. The summed E-state index contributed by atoms with van der Waals surface area (Å²) in [6.45, 7) is 0.225. The van der Waals surface area contributed by atoms with Gasteiger partial charge in [-0.1, -0.05) is 48.0 Å². The molecule has 0 amide bonds. The Morgan fingerprint density at radius 1 is 1.10 bits per heavy atom. The van der Waals surface area contributed by atoms with E-state index in [0.717, 1.165) is 15.8 Å². The van der Waals surface area contributed by atoms with Crippen LogP contribution in [0.4, 0.5) is 0 Å². The van der Waals surface area contributed by atoms with E-state index in [9.17, 15) is 0 Å². The second-order valence-electron chi connectivity index (χ2n) is 4.32. The van der Waals surface area contributed by atoms with Crippen molar-refractivity contribution in [3.05, 3.63) is 70.1 Å². The number of oxazole rings is 1. The first-order chi connectivity index (χ1) is 10.2. The van der Waals surface area contributed by atoms with Crippen molar-refractivity contribution in [2.24, 2.45) is 0 Å². The summed E-state index contributed by atoms with van der Waals surface area (Å²) in [6.07, 6.45) is 1.69. The molecule has 0 unspecified atom stereocenters. The molecule has 3 nitrogen and oxygen atoms in total. The van der Waals surface area contributed by atoms with E-state index in [1.165, 1.54) is 0 Å². The molecule has 0 N–H and O–H groups in total. The average molecular weight is 365 g/mol. The van der Waals surface area contributed by atoms with Gasteiger partial charge in [-0.2, -0.15) is 0 Å². The normalized spacial score (nSPS) is 10.6. The molecule has 3 rings (SSSR count). The summed E-state index contributed by atoms with van der Waals surface area (Å²) in [5.41, 5.74) is 0.983. The number of hydrogen-bond acceptors (Lipinski definition) is 3. The highest BCUT2D eigenvalue weighted by atomic mass is 79.9. The maximum atomic E-state index is 6.14. The van der Waals surface area contributed by atoms with Crippen molar-refractivity contribution < 1.29 is 9.15 Å². The summed E-state index contributed by atoms with van der Waals surface area (Å²) in [6, 6.07) is 15.3. The maximum absolute atomic E-state index is 6.14. The quantitative estimate of drug-likeness (QED) is 0.627. The van der Waals surface area contributed by atoms with Gasteiger partial charge in [0.15, 0.2) is 12.4 Å². The van der Waals surface area contributed by atoms with E-state index in [4.69, 9.17) is 20.8 Å². The lowest BCUT2D eigenvalue weighted by atomic mass is 10.2. The molecular weight excluding hydrogens is 354 g/mol. The Balaban J connectivity index is 1.72. The fraction of sp³-hybridized carbons (Fsp3) is 0.0625. The van der Waals surface area contributed by atoms with Crippen LogP contribution in [-0.4, -0.2) is 4.98 Å². The molecule has 3 aromatic rings. The number of aromatic nitrogens is 1. The Morgan fingerprint density at radius 2 is 1.90 bits per heavy atom. The first-order valence-corrected chi connectivity index (χ1v) is 7.48. The molecule has 0 aliphatic rings. The van der Waals surface area contributed by atoms with Crippen molar-refractivity contribution in [1.82, 2.24) is 4.98 Å². The lowest BCUT2D eigenvalue weighted by Crippen LogP contribution is -1.96. The number of rotatable bonds is 4. The van der Waals surface area contributed by atoms with Crippen LogP contribution < -0.4 is 4.74 Å². The molecule has 0 aliphatic heterocycles. The lowest BCUT2D eigenvalue weighted by molar-refractivity contribution is 0.264. The van der Waals surface area contributed by atoms with Gasteiger partial charge < -0.3 is 9.15 Å². The molecule has 0 bridgehead atoms. The fourth-order valence-corrected chi connectivity index (χ4v) is 2.38. The van der Waals surface area contributed by atoms with Gasteiger partial charge in [-0.3, -0.25) is 0 Å². The predicted molar refractivity (Wildman–Crippen MR) is 85.4 cm³/mol. The van der Waals surface area contributed by atoms with Gasteiger partial charge >= 0.3 is 0 Å². The van der Waals surface area contributed by atoms with Gasteiger partial charge in [0.2, 0.25) is 5.89 Å². The van der Waals surface area contributed by atoms with E-state index < -0.39 is 0 Å². The monoisotopic (exact) mass is 363 g/mol. The highest BCUT2D eigenvalue weighted by molar-refractivity contribution is 9.10. The zero-order valence-corrected chi connectivity index (χ0v) is 13.3. The number of ether oxygens (including phenoxy) is 1. The largest absolute Gasteiger partial charge is 0.482 e. The van der Waals surface area contributed by atoms with Gasteiger partial charge in [0.1, 0.15) is 5.75 Å². The zero-order chi connectivity index (χ0) is 14.7. The molecule has 1 heterocycles. The van der Waals surface area contributed by atoms with Crippen LogP contribution in [-0.2, 0) is 6.61 Å². The highest BCUT2D eigenvalue weighted by Crippen LogP contribution is 2.32. The number of nitrogens with zero attached hydrogens (tertiary/aromatic N) is 1. The second kappa shape index (κ2) is 6.33. The molecule has 106 valence electrons. The second-order valence-corrected chi connectivity index (χ2v) is 5.56. The molecule has 0 radical (unpaired) electrons. The first-order valence-electron chi connectivity index (χ1n) is 6.31. The summed E-state index contributed by atoms with van der Waals surface area (Å²) < 4.78 is 12.1. The smallest absolute Gasteiger partial charge is 0.232 e. The Labute approximate surface area is 135 Å². The van der Waals surface area contributed by atoms with E-state index in [1.807, 2.05) is 42.5 Å². The van der Waals surface area contributed by atoms with Crippen molar-refractivity contribution in [1.29, 1.82) is 0 Å². The van der Waals surface area contributed by atoms with Crippen LogP contribution in [0.3, 0.4) is 0 Å². The van der Waals surface area contributed by atoms with E-state index in [-0.39, 0.29) is 6.61 Å². The predicted octanol–water partition coefficient (Wildman–Crippen LogP) is 5.34.